The Hall–Kier alpha value is -2.92. The van der Waals surface area contributed by atoms with Gasteiger partial charge in [0.05, 0.1) is 19.6 Å². The minimum absolute atomic E-state index is 0.844. The Bertz CT molecular complexity index is 747. The van der Waals surface area contributed by atoms with Crippen molar-refractivity contribution in [3.63, 3.8) is 0 Å². The van der Waals surface area contributed by atoms with E-state index in [0.717, 1.165) is 12.5 Å². The van der Waals surface area contributed by atoms with Gasteiger partial charge >= 0.3 is 5.97 Å². The fourth-order valence-electron chi connectivity index (χ4n) is 3.49. The summed E-state index contributed by atoms with van der Waals surface area (Å²) in [5.41, 5.74) is 2.80. The van der Waals surface area contributed by atoms with E-state index in [1.807, 2.05) is 0 Å². The molecule has 0 spiro atoms. The number of likely N-dealkylation sites (tertiary alicyclic amines) is 1. The minimum atomic E-state index is -2.07. The van der Waals surface area contributed by atoms with Gasteiger partial charge in [-0.1, -0.05) is 66.7 Å². The standard InChI is InChI=1S/C21H25N.C2H2O4/c1-3-9-19(10-4-1)13-7-15-22-16-8-14-21(18-22)17-20-11-5-2-6-12-20;3-1(4)2(5)6/h1-7,9-13,21H,8,14-18H2;(H,3,4)(H,5,6)/b13-7+;. The highest BCUT2D eigenvalue weighted by Gasteiger charge is 2.22. The Balaban J connectivity index is 0.000000409. The maximum atomic E-state index is 9.04. The van der Waals surface area contributed by atoms with Gasteiger partial charge in [0.25, 0.3) is 0 Å². The molecule has 2 atom stereocenters. The molecule has 0 amide bonds. The first-order valence-electron chi connectivity index (χ1n) is 9.58. The summed E-state index contributed by atoms with van der Waals surface area (Å²) in [5.74, 6) is -3.17. The molecule has 148 valence electrons. The summed E-state index contributed by atoms with van der Waals surface area (Å²) in [6.07, 6.45) is 8.60. The number of nitrogens with one attached hydrogen (secondary N) is 1. The highest BCUT2D eigenvalue weighted by Crippen LogP contribution is 2.14. The van der Waals surface area contributed by atoms with Crippen LogP contribution >= 0.6 is 0 Å². The first-order chi connectivity index (χ1) is 13.5. The fraction of sp³-hybridized carbons (Fsp3) is 0.304. The summed E-state index contributed by atoms with van der Waals surface area (Å²) >= 11 is 0. The number of piperidine rings is 1. The second-order valence-electron chi connectivity index (χ2n) is 7.01. The van der Waals surface area contributed by atoms with Crippen molar-refractivity contribution in [2.24, 2.45) is 5.92 Å². The molecule has 3 rings (SSSR count). The van der Waals surface area contributed by atoms with Crippen molar-refractivity contribution in [1.82, 2.24) is 0 Å². The van der Waals surface area contributed by atoms with Gasteiger partial charge in [0, 0.05) is 5.92 Å². The van der Waals surface area contributed by atoms with Crippen molar-refractivity contribution in [3.8, 4) is 0 Å². The van der Waals surface area contributed by atoms with E-state index < -0.39 is 11.9 Å². The normalized spacial score (nSPS) is 18.9. The van der Waals surface area contributed by atoms with Crippen LogP contribution in [0.1, 0.15) is 24.0 Å². The lowest BCUT2D eigenvalue weighted by Gasteiger charge is -2.29. The number of hydrogen-bond acceptors (Lipinski definition) is 3. The number of aliphatic carboxylic acids is 2. The van der Waals surface area contributed by atoms with E-state index in [9.17, 15) is 0 Å². The van der Waals surface area contributed by atoms with Crippen molar-refractivity contribution in [1.29, 1.82) is 0 Å². The van der Waals surface area contributed by atoms with Crippen molar-refractivity contribution in [2.75, 3.05) is 19.6 Å². The van der Waals surface area contributed by atoms with Crippen LogP contribution < -0.4 is 10.0 Å². The fourth-order valence-corrected chi connectivity index (χ4v) is 3.49. The smallest absolute Gasteiger partial charge is 0.351 e. The van der Waals surface area contributed by atoms with Crippen LogP contribution in [-0.4, -0.2) is 36.7 Å². The van der Waals surface area contributed by atoms with E-state index in [2.05, 4.69) is 72.8 Å². The average molecular weight is 381 g/mol. The van der Waals surface area contributed by atoms with Crippen LogP contribution in [0.2, 0.25) is 0 Å². The monoisotopic (exact) mass is 381 g/mol. The molecular weight excluding hydrogens is 354 g/mol. The summed E-state index contributed by atoms with van der Waals surface area (Å²) in [5, 5.41) is 16.3. The number of benzene rings is 2. The summed E-state index contributed by atoms with van der Waals surface area (Å²) in [6, 6.07) is 21.6. The van der Waals surface area contributed by atoms with Gasteiger partial charge in [-0.25, -0.2) is 4.79 Å². The summed E-state index contributed by atoms with van der Waals surface area (Å²) < 4.78 is 0. The Morgan fingerprint density at radius 3 is 2.29 bits per heavy atom. The molecule has 1 aliphatic heterocycles. The predicted octanol–water partition coefficient (Wildman–Crippen LogP) is 1.06. The van der Waals surface area contributed by atoms with Gasteiger partial charge in [-0.3, -0.25) is 0 Å². The van der Waals surface area contributed by atoms with Gasteiger partial charge in [-0.2, -0.15) is 0 Å². The molecule has 0 aliphatic carbocycles. The van der Waals surface area contributed by atoms with Crippen LogP contribution in [0, 0.1) is 5.92 Å². The molecule has 1 saturated heterocycles. The molecule has 5 heteroatoms. The van der Waals surface area contributed by atoms with Crippen LogP contribution in [0.15, 0.2) is 66.7 Å². The Kier molecular flexibility index (Phi) is 8.95. The van der Waals surface area contributed by atoms with Gasteiger partial charge < -0.3 is 19.9 Å². The maximum Gasteiger partial charge on any atom is 0.351 e. The zero-order valence-electron chi connectivity index (χ0n) is 15.9. The number of rotatable bonds is 5. The molecule has 0 saturated carbocycles. The lowest BCUT2D eigenvalue weighted by molar-refractivity contribution is -0.902. The van der Waals surface area contributed by atoms with Crippen molar-refractivity contribution in [3.05, 3.63) is 77.9 Å². The first-order valence-corrected chi connectivity index (χ1v) is 9.58. The largest absolute Gasteiger partial charge is 0.539 e. The number of carbonyl (C=O) groups excluding carboxylic acids is 1. The third-order valence-corrected chi connectivity index (χ3v) is 4.78. The number of carboxylic acids is 2. The topological polar surface area (TPSA) is 81.9 Å². The molecule has 2 N–H and O–H groups in total. The van der Waals surface area contributed by atoms with Crippen molar-refractivity contribution < 1.29 is 24.7 Å². The second kappa shape index (κ2) is 11.7. The van der Waals surface area contributed by atoms with Crippen molar-refractivity contribution >= 4 is 18.0 Å². The minimum Gasteiger partial charge on any atom is -0.539 e. The number of carboxylic acid groups (broad SMARTS) is 2. The zero-order chi connectivity index (χ0) is 20.2. The van der Waals surface area contributed by atoms with Crippen LogP contribution in [0.5, 0.6) is 0 Å². The van der Waals surface area contributed by atoms with Crippen LogP contribution in [0.4, 0.5) is 0 Å². The van der Waals surface area contributed by atoms with Crippen LogP contribution in [-0.2, 0) is 16.0 Å². The Morgan fingerprint density at radius 2 is 1.68 bits per heavy atom. The van der Waals surface area contributed by atoms with E-state index in [-0.39, 0.29) is 0 Å². The summed E-state index contributed by atoms with van der Waals surface area (Å²) in [7, 11) is 0. The van der Waals surface area contributed by atoms with Crippen LogP contribution in [0.3, 0.4) is 0 Å². The molecule has 0 radical (unpaired) electrons. The van der Waals surface area contributed by atoms with E-state index in [1.165, 1.54) is 43.5 Å². The van der Waals surface area contributed by atoms with E-state index in [1.54, 1.807) is 4.90 Å². The van der Waals surface area contributed by atoms with Gasteiger partial charge in [0.1, 0.15) is 0 Å². The van der Waals surface area contributed by atoms with Gasteiger partial charge in [-0.15, -0.1) is 0 Å². The molecule has 28 heavy (non-hydrogen) atoms. The molecule has 0 bridgehead atoms. The average Bonchev–Trinajstić information content (AvgIpc) is 2.70. The van der Waals surface area contributed by atoms with Crippen molar-refractivity contribution in [2.45, 2.75) is 19.3 Å². The second-order valence-corrected chi connectivity index (χ2v) is 7.01. The van der Waals surface area contributed by atoms with Gasteiger partial charge in [0.2, 0.25) is 0 Å². The van der Waals surface area contributed by atoms with E-state index >= 15 is 0 Å². The highest BCUT2D eigenvalue weighted by atomic mass is 16.4. The zero-order valence-corrected chi connectivity index (χ0v) is 15.9. The molecule has 2 unspecified atom stereocenters. The van der Waals surface area contributed by atoms with E-state index in [4.69, 9.17) is 19.8 Å². The molecule has 5 nitrogen and oxygen atoms in total. The van der Waals surface area contributed by atoms with Gasteiger partial charge in [-0.05, 0) is 36.5 Å². The molecule has 1 aliphatic rings. The quantitative estimate of drug-likeness (QED) is 0.759. The first kappa shape index (κ1) is 21.4. The van der Waals surface area contributed by atoms with Crippen LogP contribution in [0.25, 0.3) is 6.08 Å². The molecule has 1 heterocycles. The lowest BCUT2D eigenvalue weighted by Crippen LogP contribution is -3.13. The molecule has 2 aromatic rings. The number of hydrogen-bond donors (Lipinski definition) is 2. The summed E-state index contributed by atoms with van der Waals surface area (Å²) in [6.45, 7) is 3.79. The maximum absolute atomic E-state index is 9.04. The molecule has 2 aromatic carbocycles. The lowest BCUT2D eigenvalue weighted by atomic mass is 9.91. The highest BCUT2D eigenvalue weighted by molar-refractivity contribution is 6.26. The third-order valence-electron chi connectivity index (χ3n) is 4.78. The molecular formula is C23H27NO4. The SMILES string of the molecule is C(=C\c1ccccc1)/C[NH+]1CCCC(Cc2ccccc2)C1.O=C([O-])C(=O)O. The Labute approximate surface area is 165 Å². The molecule has 0 aromatic heterocycles. The predicted molar refractivity (Wildman–Crippen MR) is 107 cm³/mol. The molecule has 1 fully saturated rings. The number of quaternary nitrogens is 1. The third kappa shape index (κ3) is 8.18. The Morgan fingerprint density at radius 1 is 1.07 bits per heavy atom. The van der Waals surface area contributed by atoms with E-state index in [0.29, 0.717) is 0 Å². The summed E-state index contributed by atoms with van der Waals surface area (Å²) in [4.78, 5) is 19.8. The van der Waals surface area contributed by atoms with Gasteiger partial charge in [0.15, 0.2) is 5.97 Å². The number of carbonyl (C=O) groups is 2.